The van der Waals surface area contributed by atoms with Crippen LogP contribution in [0.2, 0.25) is 0 Å². The fraction of sp³-hybridized carbons (Fsp3) is 0.176. The van der Waals surface area contributed by atoms with Gasteiger partial charge in [-0.2, -0.15) is 0 Å². The zero-order chi connectivity index (χ0) is 13.5. The maximum absolute atomic E-state index is 5.87. The van der Waals surface area contributed by atoms with Crippen molar-refractivity contribution in [2.24, 2.45) is 0 Å². The molecule has 19 heavy (non-hydrogen) atoms. The van der Waals surface area contributed by atoms with Gasteiger partial charge < -0.3 is 4.74 Å². The molecule has 2 aromatic carbocycles. The van der Waals surface area contributed by atoms with Crippen molar-refractivity contribution in [1.29, 1.82) is 0 Å². The van der Waals surface area contributed by atoms with E-state index in [9.17, 15) is 0 Å². The molecule has 0 aliphatic rings. The molecule has 0 saturated heterocycles. The third kappa shape index (κ3) is 4.02. The average molecular weight is 270 g/mol. The second kappa shape index (κ2) is 7.23. The summed E-state index contributed by atoms with van der Waals surface area (Å²) in [5.41, 5.74) is 0. The highest BCUT2D eigenvalue weighted by Gasteiger charge is 2.14. The quantitative estimate of drug-likeness (QED) is 0.575. The van der Waals surface area contributed by atoms with Gasteiger partial charge in [0.15, 0.2) is 0 Å². The Hall–Kier alpha value is -1.43. The molecule has 2 heteroatoms. The van der Waals surface area contributed by atoms with Crippen LogP contribution in [0.3, 0.4) is 0 Å². The molecule has 0 aliphatic heterocycles. The maximum atomic E-state index is 5.87. The van der Waals surface area contributed by atoms with Gasteiger partial charge in [-0.15, -0.1) is 6.58 Å². The predicted octanol–water partition coefficient (Wildman–Crippen LogP) is 3.67. The summed E-state index contributed by atoms with van der Waals surface area (Å²) in [5.74, 6) is 0. The largest absolute Gasteiger partial charge is 0.369 e. The minimum absolute atomic E-state index is 0.0948. The van der Waals surface area contributed by atoms with E-state index in [1.807, 2.05) is 13.0 Å². The lowest BCUT2D eigenvalue weighted by molar-refractivity contribution is 0.140. The molecule has 98 valence electrons. The molecule has 0 spiro atoms. The molecule has 2 rings (SSSR count). The van der Waals surface area contributed by atoms with Crippen LogP contribution in [0.4, 0.5) is 0 Å². The van der Waals surface area contributed by atoms with Gasteiger partial charge in [0.05, 0.1) is 12.5 Å². The molecule has 2 aromatic rings. The summed E-state index contributed by atoms with van der Waals surface area (Å²) in [5, 5.41) is 2.69. The molecule has 1 nitrogen and oxygen atoms in total. The van der Waals surface area contributed by atoms with E-state index < -0.39 is 7.92 Å². The van der Waals surface area contributed by atoms with E-state index in [0.29, 0.717) is 0 Å². The summed E-state index contributed by atoms with van der Waals surface area (Å²) in [6.07, 6.45) is 2.66. The summed E-state index contributed by atoms with van der Waals surface area (Å²) in [7, 11) is -0.459. The lowest BCUT2D eigenvalue weighted by Gasteiger charge is -2.20. The fourth-order valence-corrected chi connectivity index (χ4v) is 3.82. The third-order valence-electron chi connectivity index (χ3n) is 2.93. The zero-order valence-corrected chi connectivity index (χ0v) is 12.1. The topological polar surface area (TPSA) is 9.23 Å². The van der Waals surface area contributed by atoms with Crippen LogP contribution in [0.1, 0.15) is 6.92 Å². The Morgan fingerprint density at radius 1 is 1.00 bits per heavy atom. The Kier molecular flexibility index (Phi) is 5.32. The van der Waals surface area contributed by atoms with Crippen molar-refractivity contribution in [3.63, 3.8) is 0 Å². The minimum Gasteiger partial charge on any atom is -0.369 e. The molecular weight excluding hydrogens is 251 g/mol. The van der Waals surface area contributed by atoms with Crippen LogP contribution in [-0.4, -0.2) is 12.5 Å². The monoisotopic (exact) mass is 270 g/mol. The summed E-state index contributed by atoms with van der Waals surface area (Å²) in [6.45, 7) is 5.79. The molecule has 0 amide bonds. The van der Waals surface area contributed by atoms with E-state index in [1.54, 1.807) is 0 Å². The third-order valence-corrected chi connectivity index (χ3v) is 5.18. The van der Waals surface area contributed by atoms with Gasteiger partial charge in [0.1, 0.15) is 0 Å². The fourth-order valence-electron chi connectivity index (χ4n) is 1.77. The second-order valence-electron chi connectivity index (χ2n) is 4.34. The highest BCUT2D eigenvalue weighted by molar-refractivity contribution is 7.72. The average Bonchev–Trinajstić information content (AvgIpc) is 2.49. The summed E-state index contributed by atoms with van der Waals surface area (Å²) < 4.78 is 5.87. The van der Waals surface area contributed by atoms with Gasteiger partial charge in [-0.05, 0) is 25.5 Å². The Morgan fingerprint density at radius 2 is 1.47 bits per heavy atom. The lowest BCUT2D eigenvalue weighted by atomic mass is 10.4. The molecular formula is C17H19OP. The summed E-state index contributed by atoms with van der Waals surface area (Å²) in [4.78, 5) is 0. The number of benzene rings is 2. The van der Waals surface area contributed by atoms with Crippen molar-refractivity contribution in [2.45, 2.75) is 13.0 Å². The predicted molar refractivity (Wildman–Crippen MR) is 84.7 cm³/mol. The summed E-state index contributed by atoms with van der Waals surface area (Å²) >= 11 is 0. The molecule has 0 aliphatic carbocycles. The van der Waals surface area contributed by atoms with Gasteiger partial charge >= 0.3 is 0 Å². The van der Waals surface area contributed by atoms with Crippen molar-refractivity contribution in [3.05, 3.63) is 73.3 Å². The Balaban J connectivity index is 2.21. The normalized spacial score (nSPS) is 12.3. The standard InChI is InChI=1S/C17H19OP/c1-3-15(2)18-14-19(16-10-6-4-7-11-16)17-12-8-5-9-13-17/h3-13,15H,1,14H2,2H3. The molecule has 0 fully saturated rings. The van der Waals surface area contributed by atoms with Crippen LogP contribution in [0.5, 0.6) is 0 Å². The first-order chi connectivity index (χ1) is 9.31. The maximum Gasteiger partial charge on any atom is 0.0750 e. The number of hydrogen-bond acceptors (Lipinski definition) is 1. The van der Waals surface area contributed by atoms with Crippen molar-refractivity contribution >= 4 is 18.5 Å². The highest BCUT2D eigenvalue weighted by Crippen LogP contribution is 2.33. The molecule has 0 bridgehead atoms. The smallest absolute Gasteiger partial charge is 0.0750 e. The van der Waals surface area contributed by atoms with Gasteiger partial charge in [0.2, 0.25) is 0 Å². The van der Waals surface area contributed by atoms with Crippen LogP contribution >= 0.6 is 7.92 Å². The molecule has 0 saturated carbocycles. The van der Waals surface area contributed by atoms with Gasteiger partial charge in [-0.3, -0.25) is 0 Å². The second-order valence-corrected chi connectivity index (χ2v) is 6.48. The Labute approximate surface area is 116 Å². The first kappa shape index (κ1) is 14.0. The number of hydrogen-bond donors (Lipinski definition) is 0. The molecule has 0 aromatic heterocycles. The highest BCUT2D eigenvalue weighted by atomic mass is 31.1. The van der Waals surface area contributed by atoms with Crippen LogP contribution in [0.15, 0.2) is 73.3 Å². The molecule has 0 N–H and O–H groups in total. The molecule has 1 unspecified atom stereocenters. The molecule has 0 radical (unpaired) electrons. The lowest BCUT2D eigenvalue weighted by Crippen LogP contribution is -2.17. The summed E-state index contributed by atoms with van der Waals surface area (Å²) in [6, 6.07) is 21.2. The van der Waals surface area contributed by atoms with Gasteiger partial charge in [-0.1, -0.05) is 66.7 Å². The van der Waals surface area contributed by atoms with Gasteiger partial charge in [0, 0.05) is 0 Å². The van der Waals surface area contributed by atoms with Gasteiger partial charge in [0.25, 0.3) is 0 Å². The SMILES string of the molecule is C=CC(C)OCP(c1ccccc1)c1ccccc1. The molecule has 1 atom stereocenters. The first-order valence-corrected chi connectivity index (χ1v) is 7.96. The van der Waals surface area contributed by atoms with Gasteiger partial charge in [-0.25, -0.2) is 0 Å². The van der Waals surface area contributed by atoms with E-state index in [2.05, 4.69) is 67.2 Å². The van der Waals surface area contributed by atoms with Crippen LogP contribution < -0.4 is 10.6 Å². The van der Waals surface area contributed by atoms with Crippen LogP contribution in [0, 0.1) is 0 Å². The Morgan fingerprint density at radius 3 is 1.89 bits per heavy atom. The minimum atomic E-state index is -0.459. The van der Waals surface area contributed by atoms with E-state index in [1.165, 1.54) is 10.6 Å². The van der Waals surface area contributed by atoms with Crippen molar-refractivity contribution in [2.75, 3.05) is 6.35 Å². The zero-order valence-electron chi connectivity index (χ0n) is 11.2. The Bertz CT molecular complexity index is 456. The van der Waals surface area contributed by atoms with Crippen LogP contribution in [0.25, 0.3) is 0 Å². The van der Waals surface area contributed by atoms with E-state index in [4.69, 9.17) is 4.74 Å². The van der Waals surface area contributed by atoms with E-state index >= 15 is 0 Å². The van der Waals surface area contributed by atoms with Crippen molar-refractivity contribution in [3.8, 4) is 0 Å². The van der Waals surface area contributed by atoms with E-state index in [-0.39, 0.29) is 6.10 Å². The van der Waals surface area contributed by atoms with Crippen molar-refractivity contribution in [1.82, 2.24) is 0 Å². The van der Waals surface area contributed by atoms with E-state index in [0.717, 1.165) is 6.35 Å². The number of rotatable bonds is 6. The molecule has 0 heterocycles. The first-order valence-electron chi connectivity index (χ1n) is 6.43. The number of ether oxygens (including phenoxy) is 1. The van der Waals surface area contributed by atoms with Crippen molar-refractivity contribution < 1.29 is 4.74 Å². The van der Waals surface area contributed by atoms with Crippen LogP contribution in [-0.2, 0) is 4.74 Å².